The Hall–Kier alpha value is -5.82. The molecule has 5 heterocycles. The highest BCUT2D eigenvalue weighted by Crippen LogP contribution is 2.37. The molecule has 2 aliphatic heterocycles. The number of amides is 4. The van der Waals surface area contributed by atoms with Gasteiger partial charge >= 0.3 is 6.18 Å². The summed E-state index contributed by atoms with van der Waals surface area (Å²) < 4.78 is 45.2. The molecule has 20 heteroatoms. The first-order valence-corrected chi connectivity index (χ1v) is 17.3. The molecule has 16 nitrogen and oxygen atoms in total. The Bertz CT molecular complexity index is 2080. The summed E-state index contributed by atoms with van der Waals surface area (Å²) in [5.41, 5.74) is 4.08. The average Bonchev–Trinajstić information content (AvgIpc) is 3.76. The first-order chi connectivity index (χ1) is 25.9. The predicted molar refractivity (Wildman–Crippen MR) is 190 cm³/mol. The minimum absolute atomic E-state index is 0.00328. The average molecular weight is 787 g/mol. The SMILES string of the molecule is Cn1c(-c2cn(-c3ccc(C(N)=O)cn3)nc2C(F)(F)F)cnc1C(=O)Nc1ccc(C(=O)N2CCN(C(=O)C3CC[N+](C)(C)CC3)CC2)c(Cl)c1.O=C[O-]. The van der Waals surface area contributed by atoms with Crippen LogP contribution in [0.25, 0.3) is 17.1 Å². The Morgan fingerprint density at radius 3 is 2.20 bits per heavy atom. The molecule has 4 aromatic rings. The first kappa shape index (κ1) is 40.4. The molecule has 0 radical (unpaired) electrons. The number of nitrogens with one attached hydrogen (secondary N) is 1. The van der Waals surface area contributed by atoms with Crippen molar-refractivity contribution in [1.82, 2.24) is 34.1 Å². The topological polar surface area (TPSA) is 201 Å². The lowest BCUT2D eigenvalue weighted by atomic mass is 9.94. The van der Waals surface area contributed by atoms with Crippen molar-refractivity contribution in [2.24, 2.45) is 18.7 Å². The van der Waals surface area contributed by atoms with E-state index in [9.17, 15) is 32.3 Å². The smallest absolute Gasteiger partial charge is 0.435 e. The minimum Gasteiger partial charge on any atom is -0.554 e. The third-order valence-electron chi connectivity index (χ3n) is 9.57. The number of halogens is 4. The Balaban J connectivity index is 0.00000187. The van der Waals surface area contributed by atoms with Gasteiger partial charge < -0.3 is 39.8 Å². The summed E-state index contributed by atoms with van der Waals surface area (Å²) in [6.45, 7) is 3.01. The van der Waals surface area contributed by atoms with Crippen LogP contribution in [0.5, 0.6) is 0 Å². The zero-order chi connectivity index (χ0) is 40.2. The van der Waals surface area contributed by atoms with E-state index in [1.807, 2.05) is 4.90 Å². The van der Waals surface area contributed by atoms with Gasteiger partial charge in [0.15, 0.2) is 17.3 Å². The van der Waals surface area contributed by atoms with Gasteiger partial charge in [0.25, 0.3) is 11.8 Å². The summed E-state index contributed by atoms with van der Waals surface area (Å²) in [5, 5.41) is 14.6. The molecular formula is C35H38ClF3N10O6. The van der Waals surface area contributed by atoms with Gasteiger partial charge in [0.05, 0.1) is 60.8 Å². The molecule has 2 fully saturated rings. The zero-order valence-corrected chi connectivity index (χ0v) is 30.8. The van der Waals surface area contributed by atoms with Crippen LogP contribution in [-0.2, 0) is 22.8 Å². The van der Waals surface area contributed by atoms with Crippen molar-refractivity contribution in [2.45, 2.75) is 19.0 Å². The van der Waals surface area contributed by atoms with E-state index in [2.05, 4.69) is 34.5 Å². The molecule has 3 aromatic heterocycles. The van der Waals surface area contributed by atoms with E-state index in [-0.39, 0.29) is 62.5 Å². The molecule has 3 N–H and O–H groups in total. The largest absolute Gasteiger partial charge is 0.554 e. The fraction of sp³-hybridized carbons (Fsp3) is 0.371. The quantitative estimate of drug-likeness (QED) is 0.207. The predicted octanol–water partition coefficient (Wildman–Crippen LogP) is 1.83. The third-order valence-corrected chi connectivity index (χ3v) is 9.88. The normalized spacial score (nSPS) is 15.8. The van der Waals surface area contributed by atoms with Crippen molar-refractivity contribution in [1.29, 1.82) is 0 Å². The van der Waals surface area contributed by atoms with Crippen LogP contribution >= 0.6 is 11.6 Å². The monoisotopic (exact) mass is 786 g/mol. The number of imidazole rings is 1. The van der Waals surface area contributed by atoms with Gasteiger partial charge in [0.2, 0.25) is 11.8 Å². The van der Waals surface area contributed by atoms with Crippen LogP contribution in [-0.4, -0.2) is 122 Å². The maximum absolute atomic E-state index is 14.1. The van der Waals surface area contributed by atoms with E-state index in [4.69, 9.17) is 27.2 Å². The number of quaternary nitrogens is 1. The highest BCUT2D eigenvalue weighted by atomic mass is 35.5. The second kappa shape index (κ2) is 16.3. The number of hydrogen-bond donors (Lipinski definition) is 2. The van der Waals surface area contributed by atoms with Crippen molar-refractivity contribution in [3.05, 3.63) is 76.6 Å². The molecule has 292 valence electrons. The van der Waals surface area contributed by atoms with E-state index >= 15 is 0 Å². The highest BCUT2D eigenvalue weighted by Gasteiger charge is 2.39. The Morgan fingerprint density at radius 2 is 1.64 bits per heavy atom. The fourth-order valence-electron chi connectivity index (χ4n) is 6.45. The van der Waals surface area contributed by atoms with Gasteiger partial charge in [0.1, 0.15) is 0 Å². The van der Waals surface area contributed by atoms with E-state index in [0.29, 0.717) is 26.2 Å². The molecule has 0 saturated carbocycles. The van der Waals surface area contributed by atoms with Crippen molar-refractivity contribution in [3.8, 4) is 17.1 Å². The van der Waals surface area contributed by atoms with E-state index in [0.717, 1.165) is 53.7 Å². The summed E-state index contributed by atoms with van der Waals surface area (Å²) in [7, 11) is 5.72. The maximum atomic E-state index is 14.1. The number of aromatic nitrogens is 5. The number of alkyl halides is 3. The number of piperidine rings is 1. The number of pyridine rings is 1. The van der Waals surface area contributed by atoms with Gasteiger partial charge in [-0.1, -0.05) is 11.6 Å². The van der Waals surface area contributed by atoms with Crippen LogP contribution in [0.1, 0.15) is 49.9 Å². The molecule has 0 atom stereocenters. The summed E-state index contributed by atoms with van der Waals surface area (Å²) in [6.07, 6.45) is 0.169. The molecule has 0 unspecified atom stereocenters. The van der Waals surface area contributed by atoms with Crippen LogP contribution in [0.3, 0.4) is 0 Å². The number of carbonyl (C=O) groups is 5. The number of nitrogens with two attached hydrogens (primary N) is 1. The molecule has 0 spiro atoms. The molecule has 2 saturated heterocycles. The number of piperazine rings is 1. The van der Waals surface area contributed by atoms with Gasteiger partial charge in [-0.3, -0.25) is 19.2 Å². The molecule has 6 rings (SSSR count). The van der Waals surface area contributed by atoms with Gasteiger partial charge in [-0.05, 0) is 30.3 Å². The number of likely N-dealkylation sites (tertiary alicyclic amines) is 1. The van der Waals surface area contributed by atoms with Crippen LogP contribution in [0.15, 0.2) is 48.9 Å². The Morgan fingerprint density at radius 1 is 1.00 bits per heavy atom. The minimum atomic E-state index is -4.87. The number of nitrogens with zero attached hydrogens (tertiary/aromatic N) is 8. The lowest BCUT2D eigenvalue weighted by Crippen LogP contribution is -2.54. The number of carboxylic acid groups (broad SMARTS) is 1. The van der Waals surface area contributed by atoms with E-state index in [1.165, 1.54) is 41.9 Å². The van der Waals surface area contributed by atoms with Crippen LogP contribution in [0.2, 0.25) is 5.02 Å². The third kappa shape index (κ3) is 9.11. The Labute approximate surface area is 317 Å². The molecule has 55 heavy (non-hydrogen) atoms. The van der Waals surface area contributed by atoms with Crippen LogP contribution in [0.4, 0.5) is 18.9 Å². The first-order valence-electron chi connectivity index (χ1n) is 17.0. The van der Waals surface area contributed by atoms with Crippen molar-refractivity contribution >= 4 is 47.4 Å². The van der Waals surface area contributed by atoms with Gasteiger partial charge in [-0.15, -0.1) is 0 Å². The van der Waals surface area contributed by atoms with Crippen molar-refractivity contribution in [2.75, 3.05) is 58.7 Å². The number of primary amides is 1. The van der Waals surface area contributed by atoms with Crippen molar-refractivity contribution < 1.29 is 46.7 Å². The zero-order valence-electron chi connectivity index (χ0n) is 30.0. The standard InChI is InChI=1S/C34H36ClF3N10O4.CH2O2/c1-44-26(24-19-47(43-28(24)34(36,37)38)27-7-4-21(17-40-27)29(39)49)18-41-30(44)31(50)42-22-5-6-23(25(35)16-22)33(52)46-12-10-45(11-13-46)32(51)20-8-14-48(2,3)15-9-20;2-1-3/h4-7,16-20H,8-15H2,1-3H3,(H2-,39,42,49,50,52);1H,(H,2,3). The van der Waals surface area contributed by atoms with Crippen molar-refractivity contribution in [3.63, 3.8) is 0 Å². The number of rotatable bonds is 7. The lowest BCUT2D eigenvalue weighted by Gasteiger charge is -2.40. The number of hydrogen-bond acceptors (Lipinski definition) is 9. The molecule has 0 bridgehead atoms. The van der Waals surface area contributed by atoms with Gasteiger partial charge in [-0.25, -0.2) is 14.6 Å². The molecule has 0 aliphatic carbocycles. The Kier molecular flexibility index (Phi) is 11.9. The second-order valence-corrected chi connectivity index (χ2v) is 14.1. The van der Waals surface area contributed by atoms with E-state index in [1.54, 1.807) is 4.90 Å². The molecule has 1 aromatic carbocycles. The van der Waals surface area contributed by atoms with E-state index < -0.39 is 30.2 Å². The maximum Gasteiger partial charge on any atom is 0.435 e. The fourth-order valence-corrected chi connectivity index (χ4v) is 6.71. The lowest BCUT2D eigenvalue weighted by molar-refractivity contribution is -0.895. The van der Waals surface area contributed by atoms with Gasteiger partial charge in [0, 0.05) is 76.5 Å². The highest BCUT2D eigenvalue weighted by molar-refractivity contribution is 6.34. The van der Waals surface area contributed by atoms with Crippen LogP contribution in [0, 0.1) is 5.92 Å². The molecular weight excluding hydrogens is 749 g/mol. The summed E-state index contributed by atoms with van der Waals surface area (Å²) in [6, 6.07) is 6.98. The number of benzene rings is 1. The summed E-state index contributed by atoms with van der Waals surface area (Å²) in [5.74, 6) is -1.85. The number of carbonyl (C=O) groups excluding carboxylic acids is 5. The second-order valence-electron chi connectivity index (χ2n) is 13.6. The summed E-state index contributed by atoms with van der Waals surface area (Å²) in [4.78, 5) is 70.9. The summed E-state index contributed by atoms with van der Waals surface area (Å²) >= 11 is 6.50. The number of anilines is 1. The van der Waals surface area contributed by atoms with Gasteiger partial charge in [-0.2, -0.15) is 18.3 Å². The molecule has 4 amide bonds. The molecule has 2 aliphatic rings. The van der Waals surface area contributed by atoms with Crippen LogP contribution < -0.4 is 16.2 Å².